The molecule has 0 fully saturated rings. The third-order valence-corrected chi connectivity index (χ3v) is 1.80. The maximum Gasteiger partial charge on any atom is 0.334 e. The molecule has 4 heteroatoms. The van der Waals surface area contributed by atoms with Crippen molar-refractivity contribution in [3.63, 3.8) is 0 Å². The molecule has 0 spiro atoms. The number of allylic oxidation sites excluding steroid dienone is 5. The van der Waals surface area contributed by atoms with Gasteiger partial charge >= 0.3 is 5.97 Å². The molecule has 0 aromatic carbocycles. The van der Waals surface area contributed by atoms with E-state index in [0.29, 0.717) is 24.3 Å². The summed E-state index contributed by atoms with van der Waals surface area (Å²) in [6.07, 6.45) is 8.48. The first-order chi connectivity index (χ1) is 7.27. The minimum atomic E-state index is -0.379. The average Bonchev–Trinajstić information content (AvgIpc) is 2.44. The molecule has 4 nitrogen and oxygen atoms in total. The molecule has 78 valence electrons. The van der Waals surface area contributed by atoms with Crippen LogP contribution < -0.4 is 0 Å². The van der Waals surface area contributed by atoms with Gasteiger partial charge in [-0.2, -0.15) is 4.99 Å². The maximum absolute atomic E-state index is 11.4. The largest absolute Gasteiger partial charge is 0.463 e. The summed E-state index contributed by atoms with van der Waals surface area (Å²) in [5.41, 5.74) is 0.980. The Balaban J connectivity index is 2.81. The summed E-state index contributed by atoms with van der Waals surface area (Å²) < 4.78 is 4.85. The third kappa shape index (κ3) is 3.37. The van der Waals surface area contributed by atoms with Gasteiger partial charge in [-0.25, -0.2) is 9.59 Å². The number of carbonyl (C=O) groups is 1. The van der Waals surface area contributed by atoms with Gasteiger partial charge < -0.3 is 4.74 Å². The van der Waals surface area contributed by atoms with E-state index >= 15 is 0 Å². The van der Waals surface area contributed by atoms with E-state index in [0.717, 1.165) is 0 Å². The fourth-order valence-electron chi connectivity index (χ4n) is 1.15. The van der Waals surface area contributed by atoms with Crippen molar-refractivity contribution in [1.82, 2.24) is 0 Å². The monoisotopic (exact) mass is 205 g/mol. The number of isocyanates is 1. The Kier molecular flexibility index (Phi) is 4.26. The molecule has 0 aromatic rings. The van der Waals surface area contributed by atoms with Gasteiger partial charge in [-0.1, -0.05) is 18.2 Å². The van der Waals surface area contributed by atoms with Crippen molar-refractivity contribution in [3.8, 4) is 0 Å². The number of aliphatic imine (C=N–C) groups is 1. The van der Waals surface area contributed by atoms with E-state index in [1.807, 2.05) is 0 Å². The quantitative estimate of drug-likeness (QED) is 0.400. The van der Waals surface area contributed by atoms with E-state index in [1.165, 1.54) is 6.08 Å². The lowest BCUT2D eigenvalue weighted by Gasteiger charge is -2.04. The van der Waals surface area contributed by atoms with Gasteiger partial charge in [0.05, 0.1) is 12.3 Å². The number of ether oxygens (including phenoxy) is 1. The fraction of sp³-hybridized carbons (Fsp3) is 0.273. The van der Waals surface area contributed by atoms with E-state index in [-0.39, 0.29) is 5.97 Å². The Labute approximate surface area is 87.6 Å². The van der Waals surface area contributed by atoms with Crippen LogP contribution in [0.2, 0.25) is 0 Å². The van der Waals surface area contributed by atoms with Crippen LogP contribution in [-0.4, -0.2) is 18.7 Å². The fourth-order valence-corrected chi connectivity index (χ4v) is 1.15. The van der Waals surface area contributed by atoms with E-state index in [4.69, 9.17) is 4.74 Å². The first-order valence-corrected chi connectivity index (χ1v) is 4.59. The second-order valence-electron chi connectivity index (χ2n) is 2.84. The number of hydrogen-bond donors (Lipinski definition) is 0. The van der Waals surface area contributed by atoms with Crippen LogP contribution in [0.5, 0.6) is 0 Å². The lowest BCUT2D eigenvalue weighted by molar-refractivity contribution is -0.138. The molecule has 0 saturated heterocycles. The first-order valence-electron chi connectivity index (χ1n) is 4.59. The second kappa shape index (κ2) is 5.73. The van der Waals surface area contributed by atoms with Gasteiger partial charge in [0.1, 0.15) is 0 Å². The van der Waals surface area contributed by atoms with Crippen molar-refractivity contribution in [2.75, 3.05) is 6.61 Å². The summed E-state index contributed by atoms with van der Waals surface area (Å²) in [4.78, 5) is 25.0. The number of carbonyl (C=O) groups excluding carboxylic acids is 2. The Hall–Kier alpha value is -1.93. The van der Waals surface area contributed by atoms with Crippen LogP contribution in [0, 0.1) is 0 Å². The molecule has 0 aliphatic heterocycles. The lowest BCUT2D eigenvalue weighted by atomic mass is 10.1. The van der Waals surface area contributed by atoms with Crippen LogP contribution in [0.4, 0.5) is 0 Å². The molecule has 0 radical (unpaired) electrons. The first kappa shape index (κ1) is 11.1. The van der Waals surface area contributed by atoms with E-state index in [2.05, 4.69) is 4.99 Å². The van der Waals surface area contributed by atoms with Gasteiger partial charge in [-0.3, -0.25) is 0 Å². The highest BCUT2D eigenvalue weighted by Gasteiger charge is 2.12. The Bertz CT molecular complexity index is 385. The average molecular weight is 205 g/mol. The summed E-state index contributed by atoms with van der Waals surface area (Å²) in [5.74, 6) is -0.379. The Morgan fingerprint density at radius 2 is 2.27 bits per heavy atom. The number of hydrogen-bond acceptors (Lipinski definition) is 4. The Morgan fingerprint density at radius 1 is 1.53 bits per heavy atom. The zero-order chi connectivity index (χ0) is 11.1. The Morgan fingerprint density at radius 3 is 2.93 bits per heavy atom. The second-order valence-corrected chi connectivity index (χ2v) is 2.84. The molecule has 0 aromatic heterocycles. The number of esters is 1. The summed E-state index contributed by atoms with van der Waals surface area (Å²) in [7, 11) is 0. The molecule has 1 rings (SSSR count). The minimum Gasteiger partial charge on any atom is -0.463 e. The van der Waals surface area contributed by atoms with E-state index in [9.17, 15) is 9.59 Å². The zero-order valence-electron chi connectivity index (χ0n) is 8.40. The third-order valence-electron chi connectivity index (χ3n) is 1.80. The molecular formula is C11H11NO3. The molecule has 15 heavy (non-hydrogen) atoms. The molecule has 0 saturated carbocycles. The van der Waals surface area contributed by atoms with Crippen molar-refractivity contribution in [1.29, 1.82) is 0 Å². The number of nitrogens with zero attached hydrogens (tertiary/aromatic N) is 1. The van der Waals surface area contributed by atoms with Crippen molar-refractivity contribution in [3.05, 3.63) is 35.6 Å². The van der Waals surface area contributed by atoms with E-state index < -0.39 is 0 Å². The van der Waals surface area contributed by atoms with Gasteiger partial charge in [0.2, 0.25) is 6.08 Å². The van der Waals surface area contributed by atoms with Crippen LogP contribution in [-0.2, 0) is 14.3 Å². The van der Waals surface area contributed by atoms with Crippen LogP contribution in [0.1, 0.15) is 13.3 Å². The summed E-state index contributed by atoms with van der Waals surface area (Å²) in [6, 6.07) is 0. The maximum atomic E-state index is 11.4. The normalized spacial score (nSPS) is 14.5. The summed E-state index contributed by atoms with van der Waals surface area (Å²) in [5, 5.41) is 0. The lowest BCUT2D eigenvalue weighted by Crippen LogP contribution is -2.07. The van der Waals surface area contributed by atoms with Crippen LogP contribution in [0.3, 0.4) is 0 Å². The van der Waals surface area contributed by atoms with Crippen molar-refractivity contribution in [2.24, 2.45) is 4.99 Å². The molecule has 1 aliphatic rings. The van der Waals surface area contributed by atoms with E-state index in [1.54, 1.807) is 31.2 Å². The van der Waals surface area contributed by atoms with Crippen LogP contribution >= 0.6 is 0 Å². The van der Waals surface area contributed by atoms with Gasteiger partial charge in [0.25, 0.3) is 0 Å². The molecule has 0 bridgehead atoms. The topological polar surface area (TPSA) is 55.7 Å². The van der Waals surface area contributed by atoms with Gasteiger partial charge in [0, 0.05) is 12.0 Å². The predicted octanol–water partition coefficient (Wildman–Crippen LogP) is 1.66. The van der Waals surface area contributed by atoms with Gasteiger partial charge in [0.15, 0.2) is 0 Å². The molecular weight excluding hydrogens is 194 g/mol. The van der Waals surface area contributed by atoms with Crippen molar-refractivity contribution in [2.45, 2.75) is 13.3 Å². The van der Waals surface area contributed by atoms with Crippen molar-refractivity contribution < 1.29 is 14.3 Å². The number of rotatable bonds is 3. The summed E-state index contributed by atoms with van der Waals surface area (Å²) >= 11 is 0. The highest BCUT2D eigenvalue weighted by atomic mass is 16.5. The predicted molar refractivity (Wildman–Crippen MR) is 54.7 cm³/mol. The van der Waals surface area contributed by atoms with Gasteiger partial charge in [-0.15, -0.1) is 0 Å². The minimum absolute atomic E-state index is 0.293. The smallest absolute Gasteiger partial charge is 0.334 e. The molecule has 0 atom stereocenters. The summed E-state index contributed by atoms with van der Waals surface area (Å²) in [6.45, 7) is 2.07. The molecule has 0 unspecified atom stereocenters. The highest BCUT2D eigenvalue weighted by molar-refractivity contribution is 5.89. The zero-order valence-corrected chi connectivity index (χ0v) is 8.40. The molecule has 0 amide bonds. The van der Waals surface area contributed by atoms with Crippen LogP contribution in [0.15, 0.2) is 40.6 Å². The molecule has 0 heterocycles. The van der Waals surface area contributed by atoms with Crippen molar-refractivity contribution >= 4 is 12.0 Å². The van der Waals surface area contributed by atoms with Gasteiger partial charge in [-0.05, 0) is 13.0 Å². The SMILES string of the molecule is CCOC(=O)C1=CC=CC=C(N=C=O)C1. The van der Waals surface area contributed by atoms with Crippen LogP contribution in [0.25, 0.3) is 0 Å². The standard InChI is InChI=1S/C11H11NO3/c1-2-15-11(14)9-5-3-4-6-10(7-9)12-8-13/h3-6H,2,7H2,1H3. The molecule has 0 N–H and O–H groups in total. The highest BCUT2D eigenvalue weighted by Crippen LogP contribution is 2.16. The molecule has 1 aliphatic carbocycles.